The van der Waals surface area contributed by atoms with Crippen LogP contribution < -0.4 is 5.32 Å². The van der Waals surface area contributed by atoms with Gasteiger partial charge in [0.2, 0.25) is 0 Å². The zero-order valence-electron chi connectivity index (χ0n) is 15.5. The SMILES string of the molecule is O=C(N[C@@H]1CCC[C@H]1OCc1ccccc1)c1cnc(-c2ccncc2)nc1. The molecule has 0 radical (unpaired) electrons. The van der Waals surface area contributed by atoms with E-state index >= 15 is 0 Å². The largest absolute Gasteiger partial charge is 0.371 e. The number of nitrogens with one attached hydrogen (secondary N) is 1. The third-order valence-electron chi connectivity index (χ3n) is 4.93. The Balaban J connectivity index is 1.36. The lowest BCUT2D eigenvalue weighted by Gasteiger charge is -2.21. The predicted molar refractivity (Wildman–Crippen MR) is 105 cm³/mol. The Morgan fingerprint density at radius 2 is 1.79 bits per heavy atom. The molecule has 4 rings (SSSR count). The minimum atomic E-state index is -0.165. The van der Waals surface area contributed by atoms with Gasteiger partial charge in [0, 0.05) is 30.4 Å². The number of benzene rings is 1. The molecule has 1 fully saturated rings. The van der Waals surface area contributed by atoms with Gasteiger partial charge < -0.3 is 10.1 Å². The average molecular weight is 374 g/mol. The Bertz CT molecular complexity index is 901. The third-order valence-corrected chi connectivity index (χ3v) is 4.93. The Morgan fingerprint density at radius 3 is 2.54 bits per heavy atom. The van der Waals surface area contributed by atoms with Crippen molar-refractivity contribution in [1.29, 1.82) is 0 Å². The Morgan fingerprint density at radius 1 is 1.04 bits per heavy atom. The number of hydrogen-bond donors (Lipinski definition) is 1. The molecule has 0 saturated heterocycles. The quantitative estimate of drug-likeness (QED) is 0.715. The van der Waals surface area contributed by atoms with Gasteiger partial charge in [-0.3, -0.25) is 9.78 Å². The number of ether oxygens (including phenoxy) is 1. The first-order valence-electron chi connectivity index (χ1n) is 9.48. The zero-order valence-corrected chi connectivity index (χ0v) is 15.5. The standard InChI is InChI=1S/C22H22N4O2/c27-22(18-13-24-21(25-14-18)17-9-11-23-12-10-17)26-19-7-4-8-20(19)28-15-16-5-2-1-3-6-16/h1-3,5-6,9-14,19-20H,4,7-8,15H2,(H,26,27)/t19-,20-/m1/s1. The maximum atomic E-state index is 12.6. The maximum Gasteiger partial charge on any atom is 0.254 e. The fourth-order valence-electron chi connectivity index (χ4n) is 3.42. The Labute approximate surface area is 164 Å². The van der Waals surface area contributed by atoms with Gasteiger partial charge in [-0.15, -0.1) is 0 Å². The molecular formula is C22H22N4O2. The van der Waals surface area contributed by atoms with Gasteiger partial charge in [0.15, 0.2) is 5.82 Å². The minimum Gasteiger partial charge on any atom is -0.371 e. The lowest BCUT2D eigenvalue weighted by Crippen LogP contribution is -2.41. The fourth-order valence-corrected chi connectivity index (χ4v) is 3.42. The first-order valence-corrected chi connectivity index (χ1v) is 9.48. The van der Waals surface area contributed by atoms with E-state index in [1.165, 1.54) is 0 Å². The molecular weight excluding hydrogens is 352 g/mol. The van der Waals surface area contributed by atoms with Crippen molar-refractivity contribution in [2.75, 3.05) is 0 Å². The van der Waals surface area contributed by atoms with Crippen LogP contribution >= 0.6 is 0 Å². The van der Waals surface area contributed by atoms with Crippen LogP contribution in [0.3, 0.4) is 0 Å². The number of rotatable bonds is 6. The van der Waals surface area contributed by atoms with E-state index < -0.39 is 0 Å². The zero-order chi connectivity index (χ0) is 19.2. The summed E-state index contributed by atoms with van der Waals surface area (Å²) in [6, 6.07) is 13.8. The number of aromatic nitrogens is 3. The Hall–Kier alpha value is -3.12. The summed E-state index contributed by atoms with van der Waals surface area (Å²) in [5, 5.41) is 3.09. The van der Waals surface area contributed by atoms with Crippen LogP contribution in [0.4, 0.5) is 0 Å². The molecule has 1 amide bonds. The monoisotopic (exact) mass is 374 g/mol. The van der Waals surface area contributed by atoms with Crippen LogP contribution in [0.2, 0.25) is 0 Å². The highest BCUT2D eigenvalue weighted by Gasteiger charge is 2.29. The predicted octanol–water partition coefficient (Wildman–Crippen LogP) is 3.41. The van der Waals surface area contributed by atoms with E-state index in [4.69, 9.17) is 4.74 Å². The summed E-state index contributed by atoms with van der Waals surface area (Å²) in [6.07, 6.45) is 9.45. The van der Waals surface area contributed by atoms with Crippen LogP contribution in [0.15, 0.2) is 67.3 Å². The summed E-state index contributed by atoms with van der Waals surface area (Å²) >= 11 is 0. The maximum absolute atomic E-state index is 12.6. The highest BCUT2D eigenvalue weighted by atomic mass is 16.5. The molecule has 1 aromatic carbocycles. The molecule has 6 heteroatoms. The second-order valence-corrected chi connectivity index (χ2v) is 6.88. The second kappa shape index (κ2) is 8.71. The summed E-state index contributed by atoms with van der Waals surface area (Å²) in [6.45, 7) is 0.557. The number of hydrogen-bond acceptors (Lipinski definition) is 5. The molecule has 142 valence electrons. The van der Waals surface area contributed by atoms with Gasteiger partial charge in [0.05, 0.1) is 24.3 Å². The summed E-state index contributed by atoms with van der Waals surface area (Å²) in [5.41, 5.74) is 2.46. The van der Waals surface area contributed by atoms with Gasteiger partial charge in [-0.2, -0.15) is 0 Å². The molecule has 6 nitrogen and oxygen atoms in total. The summed E-state index contributed by atoms with van der Waals surface area (Å²) in [5.74, 6) is 0.408. The first-order chi connectivity index (χ1) is 13.8. The molecule has 1 aliphatic carbocycles. The number of amides is 1. The molecule has 3 aromatic rings. The summed E-state index contributed by atoms with van der Waals surface area (Å²) < 4.78 is 6.06. The van der Waals surface area contributed by atoms with Gasteiger partial charge in [0.1, 0.15) is 0 Å². The highest BCUT2D eigenvalue weighted by Crippen LogP contribution is 2.24. The molecule has 28 heavy (non-hydrogen) atoms. The van der Waals surface area contributed by atoms with Crippen LogP contribution in [0.1, 0.15) is 35.2 Å². The van der Waals surface area contributed by atoms with Crippen molar-refractivity contribution in [1.82, 2.24) is 20.3 Å². The van der Waals surface area contributed by atoms with Crippen LogP contribution in [-0.2, 0) is 11.3 Å². The lowest BCUT2D eigenvalue weighted by molar-refractivity contribution is 0.0272. The van der Waals surface area contributed by atoms with Gasteiger partial charge in [-0.05, 0) is 37.0 Å². The minimum absolute atomic E-state index is 0.0103. The highest BCUT2D eigenvalue weighted by molar-refractivity contribution is 5.94. The number of pyridine rings is 1. The molecule has 1 saturated carbocycles. The van der Waals surface area contributed by atoms with E-state index in [2.05, 4.69) is 20.3 Å². The van der Waals surface area contributed by atoms with Gasteiger partial charge in [-0.1, -0.05) is 30.3 Å². The average Bonchev–Trinajstić information content (AvgIpc) is 3.20. The summed E-state index contributed by atoms with van der Waals surface area (Å²) in [4.78, 5) is 25.2. The van der Waals surface area contributed by atoms with E-state index in [0.29, 0.717) is 18.0 Å². The Kier molecular flexibility index (Phi) is 5.68. The van der Waals surface area contributed by atoms with Crippen molar-refractivity contribution in [2.24, 2.45) is 0 Å². The van der Waals surface area contributed by atoms with Crippen molar-refractivity contribution >= 4 is 5.91 Å². The second-order valence-electron chi connectivity index (χ2n) is 6.88. The van der Waals surface area contributed by atoms with Crippen LogP contribution in [0.25, 0.3) is 11.4 Å². The molecule has 2 aromatic heterocycles. The molecule has 2 heterocycles. The van der Waals surface area contributed by atoms with E-state index in [1.807, 2.05) is 42.5 Å². The number of carbonyl (C=O) groups excluding carboxylic acids is 1. The van der Waals surface area contributed by atoms with Crippen molar-refractivity contribution in [2.45, 2.75) is 38.0 Å². The molecule has 0 bridgehead atoms. The number of nitrogens with zero attached hydrogens (tertiary/aromatic N) is 3. The van der Waals surface area contributed by atoms with Gasteiger partial charge in [-0.25, -0.2) is 9.97 Å². The topological polar surface area (TPSA) is 77.0 Å². The first kappa shape index (κ1) is 18.3. The van der Waals surface area contributed by atoms with Gasteiger partial charge in [0.25, 0.3) is 5.91 Å². The normalized spacial score (nSPS) is 18.7. The molecule has 1 N–H and O–H groups in total. The van der Waals surface area contributed by atoms with E-state index in [1.54, 1.807) is 24.8 Å². The molecule has 2 atom stereocenters. The van der Waals surface area contributed by atoms with Crippen molar-refractivity contribution in [3.8, 4) is 11.4 Å². The lowest BCUT2D eigenvalue weighted by atomic mass is 10.2. The van der Waals surface area contributed by atoms with E-state index in [9.17, 15) is 4.79 Å². The summed E-state index contributed by atoms with van der Waals surface area (Å²) in [7, 11) is 0. The van der Waals surface area contributed by atoms with Crippen molar-refractivity contribution in [3.05, 3.63) is 78.4 Å². The van der Waals surface area contributed by atoms with Crippen LogP contribution in [-0.4, -0.2) is 33.0 Å². The van der Waals surface area contributed by atoms with Gasteiger partial charge >= 0.3 is 0 Å². The number of carbonyl (C=O) groups is 1. The smallest absolute Gasteiger partial charge is 0.254 e. The third kappa shape index (κ3) is 4.40. The molecule has 0 spiro atoms. The van der Waals surface area contributed by atoms with E-state index in [-0.39, 0.29) is 18.1 Å². The van der Waals surface area contributed by atoms with Crippen LogP contribution in [0.5, 0.6) is 0 Å². The van der Waals surface area contributed by atoms with Crippen LogP contribution in [0, 0.1) is 0 Å². The van der Waals surface area contributed by atoms with E-state index in [0.717, 1.165) is 30.4 Å². The molecule has 0 unspecified atom stereocenters. The molecule has 0 aliphatic heterocycles. The van der Waals surface area contributed by atoms with Crippen molar-refractivity contribution < 1.29 is 9.53 Å². The fraction of sp³-hybridized carbons (Fsp3) is 0.273. The van der Waals surface area contributed by atoms with Crippen molar-refractivity contribution in [3.63, 3.8) is 0 Å². The molecule has 1 aliphatic rings.